The molecule has 0 saturated carbocycles. The second-order valence-corrected chi connectivity index (χ2v) is 17.7. The Kier molecular flexibility index (Phi) is 6.71. The van der Waals surface area contributed by atoms with Gasteiger partial charge in [-0.25, -0.2) is 0 Å². The monoisotopic (exact) mass is 713 g/mol. The number of para-hydroxylation sites is 1. The van der Waals surface area contributed by atoms with Crippen LogP contribution in [0.5, 0.6) is 0 Å². The van der Waals surface area contributed by atoms with Crippen LogP contribution in [0.15, 0.2) is 204 Å². The second kappa shape index (κ2) is 11.6. The molecule has 250 valence electrons. The molecule has 1 aliphatic carbocycles. The Morgan fingerprint density at radius 2 is 0.962 bits per heavy atom. The van der Waals surface area contributed by atoms with E-state index in [9.17, 15) is 0 Å². The van der Waals surface area contributed by atoms with Crippen molar-refractivity contribution < 1.29 is 4.57 Å². The lowest BCUT2D eigenvalue weighted by Gasteiger charge is -2.40. The van der Waals surface area contributed by atoms with E-state index in [1.165, 1.54) is 53.9 Å². The summed E-state index contributed by atoms with van der Waals surface area (Å²) in [7, 11) is -3.10. The number of benzene rings is 8. The minimum atomic E-state index is -3.10. The van der Waals surface area contributed by atoms with Crippen molar-refractivity contribution in [3.63, 3.8) is 0 Å². The van der Waals surface area contributed by atoms with Crippen LogP contribution in [0.2, 0.25) is 0 Å². The maximum Gasteiger partial charge on any atom is 0.171 e. The fourth-order valence-corrected chi connectivity index (χ4v) is 13.2. The lowest BCUT2D eigenvalue weighted by Crippen LogP contribution is -2.32. The van der Waals surface area contributed by atoms with Gasteiger partial charge in [-0.2, -0.15) is 0 Å². The Balaban J connectivity index is 1.16. The van der Waals surface area contributed by atoms with E-state index in [0.29, 0.717) is 0 Å². The van der Waals surface area contributed by atoms with Crippen LogP contribution < -0.4 is 15.9 Å². The third-order valence-electron chi connectivity index (χ3n) is 11.4. The lowest BCUT2D eigenvalue weighted by molar-refractivity contribution is 0.592. The van der Waals surface area contributed by atoms with Crippen molar-refractivity contribution in [1.82, 2.24) is 4.57 Å². The van der Waals surface area contributed by atoms with Crippen molar-refractivity contribution in [3.8, 4) is 16.8 Å². The van der Waals surface area contributed by atoms with Crippen LogP contribution in [0.4, 0.5) is 0 Å². The highest BCUT2D eigenvalue weighted by molar-refractivity contribution is 7.99. The molecule has 2 aliphatic rings. The Labute approximate surface area is 312 Å². The molecule has 8 aromatic carbocycles. The second-order valence-electron chi connectivity index (χ2n) is 13.9. The number of aromatic nitrogens is 1. The molecular formula is C49H32NOPS. The summed E-state index contributed by atoms with van der Waals surface area (Å²) in [6, 6.07) is 68.7. The van der Waals surface area contributed by atoms with Gasteiger partial charge in [0.1, 0.15) is 0 Å². The van der Waals surface area contributed by atoms with E-state index in [1.54, 1.807) is 0 Å². The van der Waals surface area contributed by atoms with Gasteiger partial charge in [0, 0.05) is 42.2 Å². The summed E-state index contributed by atoms with van der Waals surface area (Å²) in [5.41, 5.74) is 10.9. The summed E-state index contributed by atoms with van der Waals surface area (Å²) in [6.07, 6.45) is 0. The van der Waals surface area contributed by atoms with Gasteiger partial charge >= 0.3 is 0 Å². The van der Waals surface area contributed by atoms with Crippen LogP contribution >= 0.6 is 18.9 Å². The normalized spacial score (nSPS) is 13.8. The maximum absolute atomic E-state index is 15.2. The molecule has 4 heteroatoms. The average Bonchev–Trinajstić information content (AvgIpc) is 3.73. The zero-order valence-corrected chi connectivity index (χ0v) is 30.4. The van der Waals surface area contributed by atoms with Gasteiger partial charge in [-0.3, -0.25) is 0 Å². The highest BCUT2D eigenvalue weighted by Gasteiger charge is 2.50. The van der Waals surface area contributed by atoms with Crippen LogP contribution in [0, 0.1) is 0 Å². The average molecular weight is 714 g/mol. The maximum atomic E-state index is 15.2. The Morgan fingerprint density at radius 1 is 0.434 bits per heavy atom. The molecule has 1 spiro atoms. The number of rotatable bonds is 4. The molecule has 0 atom stereocenters. The smallest absolute Gasteiger partial charge is 0.171 e. The summed E-state index contributed by atoms with van der Waals surface area (Å²) >= 11 is 1.90. The van der Waals surface area contributed by atoms with Gasteiger partial charge < -0.3 is 9.13 Å². The van der Waals surface area contributed by atoms with E-state index in [-0.39, 0.29) is 0 Å². The first-order valence-corrected chi connectivity index (χ1v) is 20.6. The van der Waals surface area contributed by atoms with Crippen LogP contribution in [0.25, 0.3) is 38.6 Å². The van der Waals surface area contributed by atoms with Crippen molar-refractivity contribution in [2.45, 2.75) is 15.2 Å². The van der Waals surface area contributed by atoms with Gasteiger partial charge in [0.05, 0.1) is 16.4 Å². The fraction of sp³-hybridized carbons (Fsp3) is 0.0204. The molecule has 0 saturated heterocycles. The number of hydrogen-bond acceptors (Lipinski definition) is 2. The summed E-state index contributed by atoms with van der Waals surface area (Å²) < 4.78 is 17.6. The highest BCUT2D eigenvalue weighted by Crippen LogP contribution is 2.63. The lowest BCUT2D eigenvalue weighted by atomic mass is 9.67. The van der Waals surface area contributed by atoms with Gasteiger partial charge in [0.25, 0.3) is 0 Å². The molecule has 0 amide bonds. The topological polar surface area (TPSA) is 22.0 Å². The predicted octanol–water partition coefficient (Wildman–Crippen LogP) is 11.3. The van der Waals surface area contributed by atoms with Crippen LogP contribution in [-0.4, -0.2) is 4.57 Å². The van der Waals surface area contributed by atoms with Crippen LogP contribution in [0.3, 0.4) is 0 Å². The van der Waals surface area contributed by atoms with E-state index in [2.05, 4.69) is 138 Å². The van der Waals surface area contributed by atoms with E-state index in [4.69, 9.17) is 0 Å². The largest absolute Gasteiger partial charge is 0.309 e. The molecule has 11 rings (SSSR count). The fourth-order valence-electron chi connectivity index (χ4n) is 9.18. The first kappa shape index (κ1) is 30.7. The highest BCUT2D eigenvalue weighted by atomic mass is 32.2. The third-order valence-corrected chi connectivity index (χ3v) is 15.6. The molecule has 0 unspecified atom stereocenters. The molecule has 2 nitrogen and oxygen atoms in total. The van der Waals surface area contributed by atoms with E-state index in [0.717, 1.165) is 32.6 Å². The minimum absolute atomic E-state index is 0.431. The SMILES string of the molecule is O=P(c1ccccc1)(c1ccccc1)c1ccc(-n2c3ccccc3c3c4c(ccc32)C2(c3ccccc3S4)c3ccccc3-c3ccccc32)cc1. The molecule has 1 aliphatic heterocycles. The summed E-state index contributed by atoms with van der Waals surface area (Å²) in [5.74, 6) is 0. The molecule has 0 radical (unpaired) electrons. The first-order valence-electron chi connectivity index (χ1n) is 18.0. The van der Waals surface area contributed by atoms with Crippen molar-refractivity contribution >= 4 is 56.6 Å². The Bertz CT molecular complexity index is 2860. The molecular weight excluding hydrogens is 682 g/mol. The number of nitrogens with zero attached hydrogens (tertiary/aromatic N) is 1. The number of hydrogen-bond donors (Lipinski definition) is 0. The zero-order chi connectivity index (χ0) is 35.1. The van der Waals surface area contributed by atoms with E-state index in [1.807, 2.05) is 72.4 Å². The first-order chi connectivity index (χ1) is 26.2. The van der Waals surface area contributed by atoms with Gasteiger partial charge in [-0.1, -0.05) is 163 Å². The molecule has 0 fully saturated rings. The quantitative estimate of drug-likeness (QED) is 0.169. The Hall–Kier alpha value is -5.86. The summed E-state index contributed by atoms with van der Waals surface area (Å²) in [5, 5.41) is 4.99. The molecule has 0 N–H and O–H groups in total. The molecule has 0 bridgehead atoms. The number of fused-ring (bicyclic) bond motifs is 13. The predicted molar refractivity (Wildman–Crippen MR) is 222 cm³/mol. The standard InChI is InChI=1S/C49H32NOPS/c51-52(34-15-3-1-4-16-34,35-17-5-2-6-18-35)36-29-27-33(28-30-36)50-44-25-13-9-21-39(44)47-45(50)32-31-43-48(47)53-46-26-14-12-24-42(46)49(43)40-22-10-7-19-37(40)38-20-8-11-23-41(38)49/h1-32H. The summed E-state index contributed by atoms with van der Waals surface area (Å²) in [6.45, 7) is 0. The zero-order valence-electron chi connectivity index (χ0n) is 28.7. The van der Waals surface area contributed by atoms with Crippen LogP contribution in [0.1, 0.15) is 22.3 Å². The van der Waals surface area contributed by atoms with Crippen LogP contribution in [-0.2, 0) is 9.98 Å². The summed E-state index contributed by atoms with van der Waals surface area (Å²) in [4.78, 5) is 2.59. The van der Waals surface area contributed by atoms with Gasteiger partial charge in [0.15, 0.2) is 7.14 Å². The van der Waals surface area contributed by atoms with Gasteiger partial charge in [0.2, 0.25) is 0 Å². The third kappa shape index (κ3) is 4.15. The van der Waals surface area contributed by atoms with Crippen molar-refractivity contribution in [2.75, 3.05) is 0 Å². The molecule has 9 aromatic rings. The Morgan fingerprint density at radius 3 is 1.62 bits per heavy atom. The van der Waals surface area contributed by atoms with E-state index >= 15 is 4.57 Å². The van der Waals surface area contributed by atoms with Crippen molar-refractivity contribution in [3.05, 3.63) is 216 Å². The van der Waals surface area contributed by atoms with Crippen molar-refractivity contribution in [1.29, 1.82) is 0 Å². The van der Waals surface area contributed by atoms with E-state index < -0.39 is 12.6 Å². The van der Waals surface area contributed by atoms with Crippen molar-refractivity contribution in [2.24, 2.45) is 0 Å². The molecule has 53 heavy (non-hydrogen) atoms. The molecule has 1 aromatic heterocycles. The van der Waals surface area contributed by atoms with Gasteiger partial charge in [-0.15, -0.1) is 0 Å². The minimum Gasteiger partial charge on any atom is -0.309 e. The van der Waals surface area contributed by atoms with Gasteiger partial charge in [-0.05, 0) is 75.8 Å². The molecule has 2 heterocycles.